The summed E-state index contributed by atoms with van der Waals surface area (Å²) in [6.07, 6.45) is -3.17. The zero-order valence-electron chi connectivity index (χ0n) is 19.1. The molecule has 2 atom stereocenters. The van der Waals surface area contributed by atoms with Gasteiger partial charge >= 0.3 is 6.36 Å². The van der Waals surface area contributed by atoms with Crippen molar-refractivity contribution >= 4 is 11.9 Å². The molecule has 4 rings (SSSR count). The summed E-state index contributed by atoms with van der Waals surface area (Å²) in [5.41, 5.74) is 5.66. The van der Waals surface area contributed by atoms with Crippen molar-refractivity contribution in [2.45, 2.75) is 43.7 Å². The standard InChI is InChI=1S/C24H26F3N3O4/c1-22(10-5-11-32-3)14-23(20(31)30(2)21(28)29-23)18-13-16(8-9-19(18)34-22)15-6-4-7-17(12-15)33-24(25,26)27/h4,6-9,12-13H,5,10-11,14H2,1-3H3,(H2,28,29)/t22-,23+/m1/s1. The van der Waals surface area contributed by atoms with Gasteiger partial charge in [0.25, 0.3) is 5.91 Å². The number of halogens is 3. The Morgan fingerprint density at radius 1 is 1.21 bits per heavy atom. The van der Waals surface area contributed by atoms with Gasteiger partial charge in [-0.1, -0.05) is 18.2 Å². The predicted octanol–water partition coefficient (Wildman–Crippen LogP) is 4.20. The van der Waals surface area contributed by atoms with Gasteiger partial charge in [-0.05, 0) is 55.2 Å². The SMILES string of the molecule is COCCC[C@]1(C)C[C@]2(N=C(N)N(C)C2=O)c2cc(-c3cccc(OC(F)(F)F)c3)ccc2O1. The fourth-order valence-corrected chi connectivity index (χ4v) is 4.65. The van der Waals surface area contributed by atoms with E-state index in [1.54, 1.807) is 38.4 Å². The molecule has 0 fully saturated rings. The largest absolute Gasteiger partial charge is 0.573 e. The number of likely N-dealkylation sites (N-methyl/N-ethyl adjacent to an activating group) is 1. The first-order chi connectivity index (χ1) is 16.0. The Balaban J connectivity index is 1.78. The monoisotopic (exact) mass is 477 g/mol. The number of amides is 1. The van der Waals surface area contributed by atoms with Crippen LogP contribution in [0.25, 0.3) is 11.1 Å². The van der Waals surface area contributed by atoms with Crippen molar-refractivity contribution in [3.63, 3.8) is 0 Å². The number of guanidine groups is 1. The van der Waals surface area contributed by atoms with Gasteiger partial charge in [-0.2, -0.15) is 0 Å². The third kappa shape index (κ3) is 4.42. The molecule has 0 saturated heterocycles. The van der Waals surface area contributed by atoms with Crippen LogP contribution < -0.4 is 15.2 Å². The lowest BCUT2D eigenvalue weighted by Crippen LogP contribution is -2.50. The number of nitrogens with zero attached hydrogens (tertiary/aromatic N) is 2. The fourth-order valence-electron chi connectivity index (χ4n) is 4.65. The molecule has 0 aromatic heterocycles. The molecule has 2 aliphatic rings. The molecule has 34 heavy (non-hydrogen) atoms. The number of methoxy groups -OCH3 is 1. The number of carbonyl (C=O) groups excluding carboxylic acids is 1. The molecule has 0 radical (unpaired) electrons. The van der Waals surface area contributed by atoms with Crippen LogP contribution >= 0.6 is 0 Å². The third-order valence-electron chi connectivity index (χ3n) is 6.17. The molecule has 0 saturated carbocycles. The summed E-state index contributed by atoms with van der Waals surface area (Å²) in [5, 5.41) is 0. The Morgan fingerprint density at radius 2 is 1.94 bits per heavy atom. The van der Waals surface area contributed by atoms with Gasteiger partial charge in [0.1, 0.15) is 17.1 Å². The van der Waals surface area contributed by atoms with E-state index >= 15 is 0 Å². The van der Waals surface area contributed by atoms with E-state index in [9.17, 15) is 18.0 Å². The quantitative estimate of drug-likeness (QED) is 0.631. The molecule has 1 spiro atoms. The number of nitrogens with two attached hydrogens (primary N) is 1. The highest BCUT2D eigenvalue weighted by molar-refractivity contribution is 6.07. The van der Waals surface area contributed by atoms with Gasteiger partial charge in [-0.3, -0.25) is 9.69 Å². The summed E-state index contributed by atoms with van der Waals surface area (Å²) in [6, 6.07) is 10.8. The minimum atomic E-state index is -4.80. The van der Waals surface area contributed by atoms with Crippen molar-refractivity contribution in [3.05, 3.63) is 48.0 Å². The second-order valence-electron chi connectivity index (χ2n) is 8.81. The lowest BCUT2D eigenvalue weighted by Gasteiger charge is -2.43. The van der Waals surface area contributed by atoms with Crippen LogP contribution in [-0.2, 0) is 15.1 Å². The summed E-state index contributed by atoms with van der Waals surface area (Å²) in [6.45, 7) is 2.48. The fraction of sp³-hybridized carbons (Fsp3) is 0.417. The average Bonchev–Trinajstić information content (AvgIpc) is 2.96. The summed E-state index contributed by atoms with van der Waals surface area (Å²) in [4.78, 5) is 19.3. The first kappa shape index (κ1) is 23.9. The number of hydrogen-bond donors (Lipinski definition) is 1. The molecule has 10 heteroatoms. The van der Waals surface area contributed by atoms with Crippen LogP contribution in [0.5, 0.6) is 11.5 Å². The van der Waals surface area contributed by atoms with E-state index in [4.69, 9.17) is 15.2 Å². The van der Waals surface area contributed by atoms with E-state index < -0.39 is 17.5 Å². The lowest BCUT2D eigenvalue weighted by molar-refractivity contribution is -0.274. The molecular formula is C24H26F3N3O4. The molecule has 2 N–H and O–H groups in total. The van der Waals surface area contributed by atoms with E-state index in [0.717, 1.165) is 6.42 Å². The van der Waals surface area contributed by atoms with Gasteiger partial charge in [0.15, 0.2) is 11.5 Å². The van der Waals surface area contributed by atoms with Crippen molar-refractivity contribution in [2.24, 2.45) is 10.7 Å². The van der Waals surface area contributed by atoms with E-state index in [1.165, 1.54) is 23.1 Å². The van der Waals surface area contributed by atoms with Crippen LogP contribution in [0.15, 0.2) is 47.5 Å². The van der Waals surface area contributed by atoms with Crippen molar-refractivity contribution in [1.82, 2.24) is 4.90 Å². The Kier molecular flexibility index (Phi) is 5.97. The number of ether oxygens (including phenoxy) is 3. The molecule has 2 aromatic rings. The smallest absolute Gasteiger partial charge is 0.487 e. The molecular weight excluding hydrogens is 451 g/mol. The molecule has 0 unspecified atom stereocenters. The van der Waals surface area contributed by atoms with Crippen LogP contribution in [0.3, 0.4) is 0 Å². The van der Waals surface area contributed by atoms with Crippen LogP contribution in [0.2, 0.25) is 0 Å². The maximum atomic E-state index is 13.4. The van der Waals surface area contributed by atoms with E-state index in [1.807, 2.05) is 6.92 Å². The Morgan fingerprint density at radius 3 is 2.59 bits per heavy atom. The minimum absolute atomic E-state index is 0.100. The normalized spacial score (nSPS) is 24.1. The maximum Gasteiger partial charge on any atom is 0.573 e. The molecule has 7 nitrogen and oxygen atoms in total. The first-order valence-corrected chi connectivity index (χ1v) is 10.8. The molecule has 0 bridgehead atoms. The summed E-state index contributed by atoms with van der Waals surface area (Å²) < 4.78 is 53.6. The van der Waals surface area contributed by atoms with E-state index in [0.29, 0.717) is 35.5 Å². The number of fused-ring (bicyclic) bond motifs is 2. The van der Waals surface area contributed by atoms with Crippen molar-refractivity contribution in [3.8, 4) is 22.6 Å². The highest BCUT2D eigenvalue weighted by Crippen LogP contribution is 2.51. The molecule has 2 aromatic carbocycles. The molecule has 2 aliphatic heterocycles. The topological polar surface area (TPSA) is 86.4 Å². The molecule has 182 valence electrons. The van der Waals surface area contributed by atoms with Crippen molar-refractivity contribution in [2.75, 3.05) is 20.8 Å². The van der Waals surface area contributed by atoms with Gasteiger partial charge in [0.05, 0.1) is 0 Å². The Hall–Kier alpha value is -3.27. The van der Waals surface area contributed by atoms with Gasteiger partial charge in [0.2, 0.25) is 0 Å². The summed E-state index contributed by atoms with van der Waals surface area (Å²) in [7, 11) is 3.19. The maximum absolute atomic E-state index is 13.4. The zero-order valence-corrected chi connectivity index (χ0v) is 19.1. The Labute approximate surface area is 195 Å². The zero-order chi connectivity index (χ0) is 24.7. The molecule has 1 amide bonds. The van der Waals surface area contributed by atoms with Gasteiger partial charge < -0.3 is 19.9 Å². The first-order valence-electron chi connectivity index (χ1n) is 10.8. The summed E-state index contributed by atoms with van der Waals surface area (Å²) >= 11 is 0. The summed E-state index contributed by atoms with van der Waals surface area (Å²) in [5.74, 6) is -0.0296. The van der Waals surface area contributed by atoms with Crippen LogP contribution in [0, 0.1) is 0 Å². The van der Waals surface area contributed by atoms with Gasteiger partial charge in [-0.15, -0.1) is 13.2 Å². The number of rotatable bonds is 6. The number of benzene rings is 2. The highest BCUT2D eigenvalue weighted by Gasteiger charge is 2.56. The highest BCUT2D eigenvalue weighted by atomic mass is 19.4. The third-order valence-corrected chi connectivity index (χ3v) is 6.17. The second-order valence-corrected chi connectivity index (χ2v) is 8.81. The second kappa shape index (κ2) is 8.50. The number of carbonyl (C=O) groups is 1. The van der Waals surface area contributed by atoms with E-state index in [2.05, 4.69) is 9.73 Å². The minimum Gasteiger partial charge on any atom is -0.487 e. The Bertz CT molecular complexity index is 1140. The van der Waals surface area contributed by atoms with Crippen molar-refractivity contribution < 1.29 is 32.2 Å². The van der Waals surface area contributed by atoms with Crippen LogP contribution in [-0.4, -0.2) is 49.5 Å². The van der Waals surface area contributed by atoms with Crippen LogP contribution in [0.1, 0.15) is 31.7 Å². The molecule has 2 heterocycles. The number of hydrogen-bond acceptors (Lipinski definition) is 6. The number of aliphatic imine (C=N–C) groups is 1. The van der Waals surface area contributed by atoms with E-state index in [-0.39, 0.29) is 24.0 Å². The number of alkyl halides is 3. The van der Waals surface area contributed by atoms with Gasteiger partial charge in [-0.25, -0.2) is 4.99 Å². The lowest BCUT2D eigenvalue weighted by atomic mass is 9.75. The predicted molar refractivity (Wildman–Crippen MR) is 119 cm³/mol. The van der Waals surface area contributed by atoms with Crippen LogP contribution in [0.4, 0.5) is 13.2 Å². The van der Waals surface area contributed by atoms with Gasteiger partial charge in [0, 0.05) is 32.7 Å². The van der Waals surface area contributed by atoms with Crippen molar-refractivity contribution in [1.29, 1.82) is 0 Å². The molecule has 0 aliphatic carbocycles. The average molecular weight is 477 g/mol.